The van der Waals surface area contributed by atoms with E-state index in [0.29, 0.717) is 21.2 Å². The van der Waals surface area contributed by atoms with Crippen LogP contribution >= 0.6 is 23.5 Å². The van der Waals surface area contributed by atoms with Crippen LogP contribution in [0.15, 0.2) is 52.5 Å². The van der Waals surface area contributed by atoms with Crippen LogP contribution in [0.25, 0.3) is 0 Å². The number of carboxylic acids is 1. The normalized spacial score (nSPS) is 20.0. The second-order valence-corrected chi connectivity index (χ2v) is 7.23. The number of aromatic nitrogens is 1. The smallest absolute Gasteiger partial charge is 0.321 e. The minimum absolute atomic E-state index is 0.00988. The summed E-state index contributed by atoms with van der Waals surface area (Å²) in [6, 6.07) is 9.72. The molecule has 0 radical (unpaired) electrons. The Labute approximate surface area is 146 Å². The van der Waals surface area contributed by atoms with Crippen molar-refractivity contribution in [2.75, 3.05) is 5.75 Å². The topological polar surface area (TPSA) is 105 Å². The molecule has 124 valence electrons. The Balaban J connectivity index is 1.85. The number of hydrogen-bond donors (Lipinski definition) is 2. The van der Waals surface area contributed by atoms with Crippen LogP contribution in [-0.4, -0.2) is 32.8 Å². The number of aliphatic carboxylic acids is 1. The fourth-order valence-electron chi connectivity index (χ4n) is 2.25. The molecule has 2 heterocycles. The molecular formula is C15H13N3O4S2. The molecule has 0 saturated carbocycles. The van der Waals surface area contributed by atoms with Crippen LogP contribution in [0.2, 0.25) is 0 Å². The van der Waals surface area contributed by atoms with E-state index in [-0.39, 0.29) is 11.1 Å². The molecule has 1 saturated heterocycles. The van der Waals surface area contributed by atoms with Crippen molar-refractivity contribution in [1.82, 2.24) is 10.3 Å². The maximum absolute atomic E-state index is 11.4. The van der Waals surface area contributed by atoms with Crippen molar-refractivity contribution < 1.29 is 14.8 Å². The van der Waals surface area contributed by atoms with Crippen molar-refractivity contribution in [2.45, 2.75) is 21.3 Å². The number of nitro groups is 1. The van der Waals surface area contributed by atoms with Gasteiger partial charge in [0.15, 0.2) is 0 Å². The Kier molecular flexibility index (Phi) is 5.03. The fourth-order valence-corrected chi connectivity index (χ4v) is 4.34. The third kappa shape index (κ3) is 3.69. The van der Waals surface area contributed by atoms with Gasteiger partial charge in [0, 0.05) is 18.0 Å². The first-order chi connectivity index (χ1) is 11.5. The zero-order valence-electron chi connectivity index (χ0n) is 12.3. The molecule has 0 spiro atoms. The number of hydrogen-bond acceptors (Lipinski definition) is 7. The number of nitrogens with one attached hydrogen (secondary N) is 1. The molecule has 0 amide bonds. The maximum atomic E-state index is 11.4. The lowest BCUT2D eigenvalue weighted by Gasteiger charge is -2.12. The molecule has 2 atom stereocenters. The molecule has 9 heteroatoms. The van der Waals surface area contributed by atoms with Crippen LogP contribution in [0.3, 0.4) is 0 Å². The molecule has 1 aromatic heterocycles. The Morgan fingerprint density at radius 3 is 2.88 bits per heavy atom. The lowest BCUT2D eigenvalue weighted by atomic mass is 10.2. The zero-order chi connectivity index (χ0) is 17.1. The first-order valence-corrected chi connectivity index (χ1v) is 8.89. The van der Waals surface area contributed by atoms with E-state index in [1.165, 1.54) is 29.6 Å². The summed E-state index contributed by atoms with van der Waals surface area (Å²) >= 11 is 2.65. The molecule has 2 N–H and O–H groups in total. The predicted octanol–water partition coefficient (Wildman–Crippen LogP) is 2.93. The molecule has 2 aromatic rings. The summed E-state index contributed by atoms with van der Waals surface area (Å²) in [4.78, 5) is 26.7. The van der Waals surface area contributed by atoms with E-state index in [4.69, 9.17) is 5.11 Å². The predicted molar refractivity (Wildman–Crippen MR) is 91.2 cm³/mol. The lowest BCUT2D eigenvalue weighted by molar-refractivity contribution is -0.387. The molecule has 3 rings (SSSR count). The number of rotatable bonds is 5. The van der Waals surface area contributed by atoms with Gasteiger partial charge in [-0.3, -0.25) is 20.2 Å². The molecule has 0 bridgehead atoms. The second-order valence-electron chi connectivity index (χ2n) is 5.03. The molecule has 1 aliphatic heterocycles. The second kappa shape index (κ2) is 7.20. The minimum Gasteiger partial charge on any atom is -0.480 e. The first kappa shape index (κ1) is 16.7. The Hall–Kier alpha value is -2.10. The van der Waals surface area contributed by atoms with E-state index in [1.807, 2.05) is 6.07 Å². The number of thioether (sulfide) groups is 1. The van der Waals surface area contributed by atoms with Gasteiger partial charge in [0.1, 0.15) is 11.1 Å². The van der Waals surface area contributed by atoms with E-state index in [0.717, 1.165) is 0 Å². The standard InChI is InChI=1S/C15H13N3O4S2/c19-15(20)10-8-23-14(17-10)9-4-5-12(11(7-9)18(21)22)24-13-3-1-2-6-16-13/h1-7,10,14,17H,8H2,(H,19,20)/t10-,14-/m1/s1. The Morgan fingerprint density at radius 2 is 2.25 bits per heavy atom. The van der Waals surface area contributed by atoms with Crippen LogP contribution in [0.5, 0.6) is 0 Å². The van der Waals surface area contributed by atoms with Crippen molar-refractivity contribution in [3.8, 4) is 0 Å². The van der Waals surface area contributed by atoms with E-state index in [9.17, 15) is 14.9 Å². The highest BCUT2D eigenvalue weighted by atomic mass is 32.2. The fraction of sp³-hybridized carbons (Fsp3) is 0.200. The van der Waals surface area contributed by atoms with Crippen molar-refractivity contribution in [1.29, 1.82) is 0 Å². The zero-order valence-corrected chi connectivity index (χ0v) is 13.9. The summed E-state index contributed by atoms with van der Waals surface area (Å²) in [6.45, 7) is 0. The molecule has 7 nitrogen and oxygen atoms in total. The number of pyridine rings is 1. The van der Waals surface area contributed by atoms with E-state index in [1.54, 1.807) is 30.5 Å². The van der Waals surface area contributed by atoms with Crippen LogP contribution in [0.1, 0.15) is 10.9 Å². The van der Waals surface area contributed by atoms with Crippen LogP contribution < -0.4 is 5.32 Å². The van der Waals surface area contributed by atoms with Gasteiger partial charge in [-0.15, -0.1) is 11.8 Å². The van der Waals surface area contributed by atoms with Gasteiger partial charge in [-0.05, 0) is 23.8 Å². The molecule has 1 aromatic carbocycles. The van der Waals surface area contributed by atoms with Gasteiger partial charge in [0.2, 0.25) is 0 Å². The van der Waals surface area contributed by atoms with Crippen LogP contribution in [0.4, 0.5) is 5.69 Å². The number of carboxylic acid groups (broad SMARTS) is 1. The highest BCUT2D eigenvalue weighted by Crippen LogP contribution is 2.39. The number of carbonyl (C=O) groups is 1. The summed E-state index contributed by atoms with van der Waals surface area (Å²) in [5, 5.41) is 23.8. The number of nitrogens with zero attached hydrogens (tertiary/aromatic N) is 2. The van der Waals surface area contributed by atoms with Crippen LogP contribution in [0, 0.1) is 10.1 Å². The number of benzene rings is 1. The largest absolute Gasteiger partial charge is 0.480 e. The van der Waals surface area contributed by atoms with Gasteiger partial charge in [-0.2, -0.15) is 0 Å². The van der Waals surface area contributed by atoms with Gasteiger partial charge in [-0.1, -0.05) is 23.9 Å². The monoisotopic (exact) mass is 363 g/mol. The van der Waals surface area contributed by atoms with Crippen LogP contribution in [-0.2, 0) is 4.79 Å². The summed E-state index contributed by atoms with van der Waals surface area (Å²) in [6.07, 6.45) is 1.63. The molecule has 0 aliphatic carbocycles. The van der Waals surface area contributed by atoms with Gasteiger partial charge in [-0.25, -0.2) is 4.98 Å². The SMILES string of the molecule is O=C(O)[C@H]1CS[C@H](c2ccc(Sc3ccccn3)c([N+](=O)[O-])c2)N1. The number of nitro benzene ring substituents is 1. The van der Waals surface area contributed by atoms with Crippen molar-refractivity contribution in [3.63, 3.8) is 0 Å². The van der Waals surface area contributed by atoms with E-state index < -0.39 is 16.9 Å². The minimum atomic E-state index is -0.915. The first-order valence-electron chi connectivity index (χ1n) is 7.02. The third-order valence-corrected chi connectivity index (χ3v) is 5.70. The summed E-state index contributed by atoms with van der Waals surface area (Å²) < 4.78 is 0. The summed E-state index contributed by atoms with van der Waals surface area (Å²) in [5.41, 5.74) is 0.685. The van der Waals surface area contributed by atoms with E-state index >= 15 is 0 Å². The van der Waals surface area contributed by atoms with Gasteiger partial charge in [0.05, 0.1) is 15.2 Å². The van der Waals surface area contributed by atoms with Gasteiger partial charge < -0.3 is 5.11 Å². The maximum Gasteiger partial charge on any atom is 0.321 e. The van der Waals surface area contributed by atoms with Gasteiger partial charge in [0.25, 0.3) is 5.69 Å². The Morgan fingerprint density at radius 1 is 1.42 bits per heavy atom. The molecule has 24 heavy (non-hydrogen) atoms. The quantitative estimate of drug-likeness (QED) is 0.617. The Bertz CT molecular complexity index is 773. The lowest BCUT2D eigenvalue weighted by Crippen LogP contribution is -2.33. The molecule has 1 aliphatic rings. The third-order valence-electron chi connectivity index (χ3n) is 3.41. The summed E-state index contributed by atoms with van der Waals surface area (Å²) in [7, 11) is 0. The molecular weight excluding hydrogens is 350 g/mol. The highest BCUT2D eigenvalue weighted by molar-refractivity contribution is 8.00. The average molecular weight is 363 g/mol. The molecule has 0 unspecified atom stereocenters. The summed E-state index contributed by atoms with van der Waals surface area (Å²) in [5.74, 6) is -0.486. The highest BCUT2D eigenvalue weighted by Gasteiger charge is 2.31. The average Bonchev–Trinajstić information content (AvgIpc) is 3.06. The van der Waals surface area contributed by atoms with Gasteiger partial charge >= 0.3 is 5.97 Å². The van der Waals surface area contributed by atoms with Crippen molar-refractivity contribution in [3.05, 3.63) is 58.3 Å². The van der Waals surface area contributed by atoms with E-state index in [2.05, 4.69) is 10.3 Å². The van der Waals surface area contributed by atoms with Crippen molar-refractivity contribution >= 4 is 35.2 Å². The molecule has 1 fully saturated rings. The van der Waals surface area contributed by atoms with Crippen molar-refractivity contribution in [2.24, 2.45) is 0 Å².